The van der Waals surface area contributed by atoms with Crippen molar-refractivity contribution in [2.24, 2.45) is 0 Å². The Morgan fingerprint density at radius 2 is 2.47 bits per heavy atom. The molecule has 2 heterocycles. The van der Waals surface area contributed by atoms with Crippen molar-refractivity contribution in [2.75, 3.05) is 24.6 Å². The summed E-state index contributed by atoms with van der Waals surface area (Å²) < 4.78 is 5.79. The third-order valence-corrected chi connectivity index (χ3v) is 3.46. The van der Waals surface area contributed by atoms with E-state index >= 15 is 0 Å². The van der Waals surface area contributed by atoms with Gasteiger partial charge in [-0.2, -0.15) is 0 Å². The van der Waals surface area contributed by atoms with E-state index in [0.29, 0.717) is 24.5 Å². The van der Waals surface area contributed by atoms with Crippen LogP contribution >= 0.6 is 15.9 Å². The number of esters is 1. The number of pyridine rings is 1. The average Bonchev–Trinajstić information content (AvgIpc) is 2.39. The second-order valence-corrected chi connectivity index (χ2v) is 5.40. The number of aliphatic hydroxyl groups excluding tert-OH is 1. The van der Waals surface area contributed by atoms with Gasteiger partial charge in [0.15, 0.2) is 0 Å². The molecule has 2 rings (SSSR count). The van der Waals surface area contributed by atoms with Gasteiger partial charge in [-0.05, 0) is 41.8 Å². The van der Waals surface area contributed by atoms with Crippen LogP contribution in [0.5, 0.6) is 0 Å². The van der Waals surface area contributed by atoms with Crippen LogP contribution in [0.3, 0.4) is 0 Å². The lowest BCUT2D eigenvalue weighted by Crippen LogP contribution is -2.39. The molecule has 0 spiro atoms. The fraction of sp³-hybridized carbons (Fsp3) is 0.538. The number of piperidine rings is 1. The van der Waals surface area contributed by atoms with Gasteiger partial charge in [0.1, 0.15) is 11.4 Å². The van der Waals surface area contributed by atoms with Crippen LogP contribution < -0.4 is 4.90 Å². The summed E-state index contributed by atoms with van der Waals surface area (Å²) >= 11 is 3.31. The zero-order valence-electron chi connectivity index (χ0n) is 10.8. The molecule has 1 atom stereocenters. The Morgan fingerprint density at radius 1 is 1.68 bits per heavy atom. The molecular weight excluding hydrogens is 312 g/mol. The molecule has 0 bridgehead atoms. The number of halogens is 1. The Labute approximate surface area is 120 Å². The van der Waals surface area contributed by atoms with Crippen LogP contribution in [0.25, 0.3) is 0 Å². The molecule has 0 aromatic carbocycles. The first-order valence-electron chi connectivity index (χ1n) is 6.37. The first kappa shape index (κ1) is 14.3. The van der Waals surface area contributed by atoms with E-state index in [0.717, 1.165) is 23.9 Å². The van der Waals surface area contributed by atoms with Crippen LogP contribution in [0.2, 0.25) is 0 Å². The molecule has 19 heavy (non-hydrogen) atoms. The standard InChI is InChI=1S/C13H17BrN2O3/c1-2-19-13(18)11-6-9(14)7-15-12(11)16-5-3-4-10(17)8-16/h6-7,10,17H,2-5,8H2,1H3/t10-/m1/s1. The number of carbonyl (C=O) groups excluding carboxylic acids is 1. The second kappa shape index (κ2) is 6.34. The molecular formula is C13H17BrN2O3. The van der Waals surface area contributed by atoms with Crippen LogP contribution in [0.15, 0.2) is 16.7 Å². The summed E-state index contributed by atoms with van der Waals surface area (Å²) in [5.74, 6) is 0.201. The Hall–Kier alpha value is -1.14. The maximum Gasteiger partial charge on any atom is 0.341 e. The molecule has 1 N–H and O–H groups in total. The normalized spacial score (nSPS) is 19.3. The van der Waals surface area contributed by atoms with Gasteiger partial charge in [-0.15, -0.1) is 0 Å². The van der Waals surface area contributed by atoms with E-state index in [1.165, 1.54) is 0 Å². The highest BCUT2D eigenvalue weighted by Gasteiger charge is 2.24. The van der Waals surface area contributed by atoms with E-state index in [1.54, 1.807) is 19.2 Å². The molecule has 1 fully saturated rings. The third-order valence-electron chi connectivity index (χ3n) is 3.02. The molecule has 1 aliphatic heterocycles. The van der Waals surface area contributed by atoms with Gasteiger partial charge in [0.2, 0.25) is 0 Å². The van der Waals surface area contributed by atoms with Gasteiger partial charge in [-0.25, -0.2) is 9.78 Å². The lowest BCUT2D eigenvalue weighted by atomic mass is 10.1. The fourth-order valence-electron chi connectivity index (χ4n) is 2.19. The van der Waals surface area contributed by atoms with Crippen molar-refractivity contribution in [1.29, 1.82) is 0 Å². The summed E-state index contributed by atoms with van der Waals surface area (Å²) in [6.45, 7) is 3.39. The molecule has 104 valence electrons. The zero-order valence-corrected chi connectivity index (χ0v) is 12.4. The first-order valence-corrected chi connectivity index (χ1v) is 7.16. The molecule has 6 heteroatoms. The molecule has 0 saturated carbocycles. The van der Waals surface area contributed by atoms with Gasteiger partial charge in [-0.3, -0.25) is 0 Å². The van der Waals surface area contributed by atoms with Crippen molar-refractivity contribution < 1.29 is 14.6 Å². The number of anilines is 1. The molecule has 0 unspecified atom stereocenters. The Balaban J connectivity index is 2.30. The maximum atomic E-state index is 12.0. The second-order valence-electron chi connectivity index (χ2n) is 4.49. The molecule has 1 aliphatic rings. The summed E-state index contributed by atoms with van der Waals surface area (Å²) in [5, 5.41) is 9.73. The molecule has 0 aliphatic carbocycles. The largest absolute Gasteiger partial charge is 0.462 e. The molecule has 1 aromatic heterocycles. The summed E-state index contributed by atoms with van der Waals surface area (Å²) in [4.78, 5) is 18.2. The molecule has 5 nitrogen and oxygen atoms in total. The third kappa shape index (κ3) is 3.45. The first-order chi connectivity index (χ1) is 9.11. The highest BCUT2D eigenvalue weighted by molar-refractivity contribution is 9.10. The number of hydrogen-bond donors (Lipinski definition) is 1. The number of ether oxygens (including phenoxy) is 1. The Kier molecular flexibility index (Phi) is 4.76. The van der Waals surface area contributed by atoms with Crippen LogP contribution in [-0.2, 0) is 4.74 Å². The van der Waals surface area contributed by atoms with E-state index in [2.05, 4.69) is 20.9 Å². The maximum absolute atomic E-state index is 12.0. The van der Waals surface area contributed by atoms with E-state index < -0.39 is 0 Å². The van der Waals surface area contributed by atoms with Crippen LogP contribution in [0.1, 0.15) is 30.1 Å². The molecule has 0 amide bonds. The van der Waals surface area contributed by atoms with Gasteiger partial charge < -0.3 is 14.7 Å². The summed E-state index contributed by atoms with van der Waals surface area (Å²) in [6, 6.07) is 1.71. The van der Waals surface area contributed by atoms with Crippen LogP contribution in [0, 0.1) is 0 Å². The topological polar surface area (TPSA) is 62.7 Å². The fourth-order valence-corrected chi connectivity index (χ4v) is 2.52. The van der Waals surface area contributed by atoms with Crippen LogP contribution in [0.4, 0.5) is 5.82 Å². The highest BCUT2D eigenvalue weighted by Crippen LogP contribution is 2.25. The lowest BCUT2D eigenvalue weighted by Gasteiger charge is -2.31. The smallest absolute Gasteiger partial charge is 0.341 e. The lowest BCUT2D eigenvalue weighted by molar-refractivity contribution is 0.0526. The number of aromatic nitrogens is 1. The van der Waals surface area contributed by atoms with Crippen molar-refractivity contribution >= 4 is 27.7 Å². The van der Waals surface area contributed by atoms with Gasteiger partial charge >= 0.3 is 5.97 Å². The Bertz CT molecular complexity index is 467. The summed E-state index contributed by atoms with van der Waals surface area (Å²) in [6.07, 6.45) is 2.97. The van der Waals surface area contributed by atoms with Crippen molar-refractivity contribution in [3.8, 4) is 0 Å². The molecule has 1 aromatic rings. The zero-order chi connectivity index (χ0) is 13.8. The van der Waals surface area contributed by atoms with Gasteiger partial charge in [-0.1, -0.05) is 0 Å². The molecule has 0 radical (unpaired) electrons. The van der Waals surface area contributed by atoms with Crippen molar-refractivity contribution in [2.45, 2.75) is 25.9 Å². The van der Waals surface area contributed by atoms with E-state index in [4.69, 9.17) is 4.74 Å². The van der Waals surface area contributed by atoms with Crippen molar-refractivity contribution in [3.63, 3.8) is 0 Å². The number of carbonyl (C=O) groups is 1. The minimum atomic E-state index is -0.383. The van der Waals surface area contributed by atoms with E-state index in [1.807, 2.05) is 4.90 Å². The minimum absolute atomic E-state index is 0.327. The number of aliphatic hydroxyl groups is 1. The average molecular weight is 329 g/mol. The summed E-state index contributed by atoms with van der Waals surface area (Å²) in [5.41, 5.74) is 0.435. The highest BCUT2D eigenvalue weighted by atomic mass is 79.9. The predicted molar refractivity (Wildman–Crippen MR) is 75.3 cm³/mol. The quantitative estimate of drug-likeness (QED) is 0.859. The van der Waals surface area contributed by atoms with E-state index in [-0.39, 0.29) is 12.1 Å². The molecule has 1 saturated heterocycles. The number of β-amino-alcohol motifs (C(OH)–C–C–N with tert-alkyl or cyclic N) is 1. The van der Waals surface area contributed by atoms with Gasteiger partial charge in [0, 0.05) is 23.8 Å². The SMILES string of the molecule is CCOC(=O)c1cc(Br)cnc1N1CCC[C@@H](O)C1. The number of nitrogens with zero attached hydrogens (tertiary/aromatic N) is 2. The van der Waals surface area contributed by atoms with Crippen molar-refractivity contribution in [3.05, 3.63) is 22.3 Å². The van der Waals surface area contributed by atoms with E-state index in [9.17, 15) is 9.90 Å². The summed E-state index contributed by atoms with van der Waals surface area (Å²) in [7, 11) is 0. The monoisotopic (exact) mass is 328 g/mol. The van der Waals surface area contributed by atoms with Gasteiger partial charge in [0.05, 0.1) is 12.7 Å². The predicted octanol–water partition coefficient (Wildman–Crippen LogP) is 1.98. The van der Waals surface area contributed by atoms with Crippen LogP contribution in [-0.4, -0.2) is 41.9 Å². The van der Waals surface area contributed by atoms with Gasteiger partial charge in [0.25, 0.3) is 0 Å². The van der Waals surface area contributed by atoms with Crippen molar-refractivity contribution in [1.82, 2.24) is 4.98 Å². The number of rotatable bonds is 3. The number of hydrogen-bond acceptors (Lipinski definition) is 5. The minimum Gasteiger partial charge on any atom is -0.462 e. The Morgan fingerprint density at radius 3 is 3.16 bits per heavy atom.